The zero-order chi connectivity index (χ0) is 15.6. The highest BCUT2D eigenvalue weighted by Gasteiger charge is 2.12. The molecule has 7 nitrogen and oxygen atoms in total. The van der Waals surface area contributed by atoms with Crippen molar-refractivity contribution in [1.29, 1.82) is 0 Å². The molecule has 0 saturated carbocycles. The SMILES string of the molecule is CCCn1cc(N)c(=O)n(Cc2cc(C)nn2CC)c1=O. The van der Waals surface area contributed by atoms with Crippen molar-refractivity contribution in [2.75, 3.05) is 5.73 Å². The first-order valence-corrected chi connectivity index (χ1v) is 7.11. The molecule has 0 spiro atoms. The Morgan fingerprint density at radius 1 is 1.29 bits per heavy atom. The number of hydrogen-bond acceptors (Lipinski definition) is 4. The molecule has 0 aliphatic heterocycles. The maximum absolute atomic E-state index is 12.4. The maximum Gasteiger partial charge on any atom is 0.331 e. The number of hydrogen-bond donors (Lipinski definition) is 1. The van der Waals surface area contributed by atoms with Crippen molar-refractivity contribution in [2.24, 2.45) is 0 Å². The number of anilines is 1. The zero-order valence-electron chi connectivity index (χ0n) is 12.7. The van der Waals surface area contributed by atoms with E-state index in [9.17, 15) is 9.59 Å². The van der Waals surface area contributed by atoms with E-state index in [1.165, 1.54) is 15.3 Å². The lowest BCUT2D eigenvalue weighted by atomic mass is 10.3. The number of rotatable bonds is 5. The van der Waals surface area contributed by atoms with Gasteiger partial charge in [0.1, 0.15) is 5.69 Å². The van der Waals surface area contributed by atoms with E-state index in [2.05, 4.69) is 5.10 Å². The van der Waals surface area contributed by atoms with Crippen LogP contribution in [0.3, 0.4) is 0 Å². The third-order valence-corrected chi connectivity index (χ3v) is 3.33. The number of aromatic nitrogens is 4. The van der Waals surface area contributed by atoms with Gasteiger partial charge >= 0.3 is 5.69 Å². The summed E-state index contributed by atoms with van der Waals surface area (Å²) in [6.07, 6.45) is 2.22. The van der Waals surface area contributed by atoms with Crippen LogP contribution in [0.2, 0.25) is 0 Å². The van der Waals surface area contributed by atoms with Crippen LogP contribution in [0.1, 0.15) is 31.7 Å². The molecule has 2 aromatic heterocycles. The monoisotopic (exact) mass is 291 g/mol. The van der Waals surface area contributed by atoms with Gasteiger partial charge in [-0.15, -0.1) is 0 Å². The van der Waals surface area contributed by atoms with Crippen molar-refractivity contribution in [3.63, 3.8) is 0 Å². The van der Waals surface area contributed by atoms with Crippen LogP contribution in [0.5, 0.6) is 0 Å². The summed E-state index contributed by atoms with van der Waals surface area (Å²) in [4.78, 5) is 24.5. The van der Waals surface area contributed by atoms with Crippen LogP contribution in [0.4, 0.5) is 5.69 Å². The van der Waals surface area contributed by atoms with Crippen LogP contribution in [-0.2, 0) is 19.6 Å². The molecule has 0 amide bonds. The molecule has 0 radical (unpaired) electrons. The average molecular weight is 291 g/mol. The van der Waals surface area contributed by atoms with E-state index in [1.807, 2.05) is 26.8 Å². The van der Waals surface area contributed by atoms with Gasteiger partial charge in [0, 0.05) is 19.3 Å². The first-order valence-electron chi connectivity index (χ1n) is 7.11. The summed E-state index contributed by atoms with van der Waals surface area (Å²) in [7, 11) is 0. The van der Waals surface area contributed by atoms with E-state index >= 15 is 0 Å². The minimum atomic E-state index is -0.450. The fraction of sp³-hybridized carbons (Fsp3) is 0.500. The highest BCUT2D eigenvalue weighted by molar-refractivity contribution is 5.31. The van der Waals surface area contributed by atoms with E-state index in [4.69, 9.17) is 5.73 Å². The molecule has 0 bridgehead atoms. The molecule has 2 rings (SSSR count). The second-order valence-corrected chi connectivity index (χ2v) is 5.04. The molecular weight excluding hydrogens is 270 g/mol. The first kappa shape index (κ1) is 15.1. The van der Waals surface area contributed by atoms with Gasteiger partial charge in [0.25, 0.3) is 5.56 Å². The Kier molecular flexibility index (Phi) is 4.30. The van der Waals surface area contributed by atoms with Crippen LogP contribution in [0, 0.1) is 6.92 Å². The Hall–Kier alpha value is -2.31. The summed E-state index contributed by atoms with van der Waals surface area (Å²) in [5, 5.41) is 4.33. The molecule has 0 saturated heterocycles. The normalized spacial score (nSPS) is 11.0. The molecular formula is C14H21N5O2. The Bertz CT molecular complexity index is 754. The van der Waals surface area contributed by atoms with Gasteiger partial charge < -0.3 is 5.73 Å². The van der Waals surface area contributed by atoms with Gasteiger partial charge in [-0.25, -0.2) is 4.79 Å². The van der Waals surface area contributed by atoms with Crippen LogP contribution in [0.15, 0.2) is 21.9 Å². The average Bonchev–Trinajstić information content (AvgIpc) is 2.81. The topological polar surface area (TPSA) is 87.8 Å². The van der Waals surface area contributed by atoms with E-state index in [0.717, 1.165) is 17.8 Å². The van der Waals surface area contributed by atoms with Crippen molar-refractivity contribution in [2.45, 2.75) is 46.8 Å². The first-order chi connectivity index (χ1) is 9.97. The largest absolute Gasteiger partial charge is 0.393 e. The lowest BCUT2D eigenvalue weighted by Crippen LogP contribution is -2.41. The van der Waals surface area contributed by atoms with E-state index in [-0.39, 0.29) is 17.9 Å². The Morgan fingerprint density at radius 2 is 2.00 bits per heavy atom. The third-order valence-electron chi connectivity index (χ3n) is 3.33. The summed E-state index contributed by atoms with van der Waals surface area (Å²) in [5.41, 5.74) is 6.72. The highest BCUT2D eigenvalue weighted by atomic mass is 16.2. The van der Waals surface area contributed by atoms with Crippen LogP contribution >= 0.6 is 0 Å². The van der Waals surface area contributed by atoms with Crippen LogP contribution in [0.25, 0.3) is 0 Å². The van der Waals surface area contributed by atoms with Crippen molar-refractivity contribution in [1.82, 2.24) is 18.9 Å². The van der Waals surface area contributed by atoms with Gasteiger partial charge in [0.05, 0.1) is 17.9 Å². The molecule has 0 unspecified atom stereocenters. The second kappa shape index (κ2) is 5.99. The Labute approximate surface area is 122 Å². The second-order valence-electron chi connectivity index (χ2n) is 5.04. The molecule has 0 aromatic carbocycles. The smallest absolute Gasteiger partial charge is 0.331 e. The van der Waals surface area contributed by atoms with Crippen LogP contribution in [-0.4, -0.2) is 18.9 Å². The molecule has 2 aromatic rings. The third kappa shape index (κ3) is 2.91. The standard InChI is InChI=1S/C14H21N5O2/c1-4-6-17-9-12(15)13(20)18(14(17)21)8-11-7-10(3)16-19(11)5-2/h7,9H,4-6,8,15H2,1-3H3. The molecule has 7 heteroatoms. The van der Waals surface area contributed by atoms with Crippen molar-refractivity contribution in [3.05, 3.63) is 44.5 Å². The molecule has 0 fully saturated rings. The van der Waals surface area contributed by atoms with Gasteiger partial charge in [-0.05, 0) is 26.3 Å². The minimum absolute atomic E-state index is 0.0855. The van der Waals surface area contributed by atoms with E-state index < -0.39 is 5.56 Å². The van der Waals surface area contributed by atoms with Gasteiger partial charge in [-0.2, -0.15) is 5.10 Å². The van der Waals surface area contributed by atoms with Crippen molar-refractivity contribution < 1.29 is 0 Å². The Balaban J connectivity index is 2.53. The Morgan fingerprint density at radius 3 is 2.62 bits per heavy atom. The summed E-state index contributed by atoms with van der Waals surface area (Å²) in [5.74, 6) is 0. The van der Waals surface area contributed by atoms with E-state index in [1.54, 1.807) is 4.68 Å². The van der Waals surface area contributed by atoms with Gasteiger partial charge in [-0.1, -0.05) is 6.92 Å². The lowest BCUT2D eigenvalue weighted by Gasteiger charge is -2.11. The fourth-order valence-corrected chi connectivity index (χ4v) is 2.38. The number of nitrogens with two attached hydrogens (primary N) is 1. The predicted octanol–water partition coefficient (Wildman–Crippen LogP) is 0.575. The van der Waals surface area contributed by atoms with Gasteiger partial charge in [0.15, 0.2) is 0 Å². The van der Waals surface area contributed by atoms with Gasteiger partial charge in [0.2, 0.25) is 0 Å². The lowest BCUT2D eigenvalue weighted by molar-refractivity contribution is 0.543. The zero-order valence-corrected chi connectivity index (χ0v) is 12.7. The summed E-state index contributed by atoms with van der Waals surface area (Å²) in [6.45, 7) is 7.22. The maximum atomic E-state index is 12.4. The van der Waals surface area contributed by atoms with E-state index in [0.29, 0.717) is 13.1 Å². The quantitative estimate of drug-likeness (QED) is 0.872. The summed E-state index contributed by atoms with van der Waals surface area (Å²) >= 11 is 0. The number of nitrogen functional groups attached to an aromatic ring is 1. The van der Waals surface area contributed by atoms with Crippen LogP contribution < -0.4 is 17.0 Å². The minimum Gasteiger partial charge on any atom is -0.393 e. The van der Waals surface area contributed by atoms with Crippen molar-refractivity contribution >= 4 is 5.69 Å². The molecule has 0 atom stereocenters. The number of aryl methyl sites for hydroxylation is 3. The molecule has 2 N–H and O–H groups in total. The molecule has 2 heterocycles. The molecule has 21 heavy (non-hydrogen) atoms. The van der Waals surface area contributed by atoms with Crippen molar-refractivity contribution in [3.8, 4) is 0 Å². The summed E-state index contributed by atoms with van der Waals surface area (Å²) < 4.78 is 4.44. The predicted molar refractivity (Wildman–Crippen MR) is 81.4 cm³/mol. The molecule has 0 aliphatic rings. The summed E-state index contributed by atoms with van der Waals surface area (Å²) in [6, 6.07) is 1.88. The fourth-order valence-electron chi connectivity index (χ4n) is 2.38. The molecule has 0 aliphatic carbocycles. The highest BCUT2D eigenvalue weighted by Crippen LogP contribution is 2.05. The van der Waals surface area contributed by atoms with Gasteiger partial charge in [-0.3, -0.25) is 18.6 Å². The number of nitrogens with zero attached hydrogens (tertiary/aromatic N) is 4. The molecule has 114 valence electrons.